The maximum Gasteiger partial charge on any atom is 0.175 e. The molecule has 18 heavy (non-hydrogen) atoms. The van der Waals surface area contributed by atoms with E-state index in [0.717, 1.165) is 0 Å². The van der Waals surface area contributed by atoms with Crippen molar-refractivity contribution in [2.75, 3.05) is 22.9 Å². The fourth-order valence-electron chi connectivity index (χ4n) is 1.35. The van der Waals surface area contributed by atoms with Gasteiger partial charge in [0.15, 0.2) is 17.5 Å². The van der Waals surface area contributed by atoms with Crippen molar-refractivity contribution in [2.45, 2.75) is 6.92 Å². The van der Waals surface area contributed by atoms with Crippen molar-refractivity contribution in [3.8, 4) is 0 Å². The fourth-order valence-corrected chi connectivity index (χ4v) is 1.35. The molecule has 0 aliphatic carbocycles. The van der Waals surface area contributed by atoms with Crippen LogP contribution < -0.4 is 16.4 Å². The van der Waals surface area contributed by atoms with E-state index in [1.807, 2.05) is 0 Å². The molecule has 2 aromatic rings. The predicted octanol–water partition coefficient (Wildman–Crippen LogP) is 1.70. The lowest BCUT2D eigenvalue weighted by Crippen LogP contribution is -2.07. The molecule has 94 valence electrons. The van der Waals surface area contributed by atoms with Crippen LogP contribution in [0.4, 0.5) is 23.1 Å². The molecule has 0 bridgehead atoms. The Kier molecular flexibility index (Phi) is 3.42. The molecule has 0 aliphatic rings. The summed E-state index contributed by atoms with van der Waals surface area (Å²) in [6.07, 6.45) is 3.13. The van der Waals surface area contributed by atoms with Gasteiger partial charge in [-0.25, -0.2) is 9.97 Å². The van der Waals surface area contributed by atoms with E-state index in [0.29, 0.717) is 35.4 Å². The molecule has 0 aromatic carbocycles. The average molecular weight is 246 g/mol. The number of aryl methyl sites for hydroxylation is 1. The summed E-state index contributed by atoms with van der Waals surface area (Å²) in [4.78, 5) is 8.10. The van der Waals surface area contributed by atoms with Crippen LogP contribution in [0.2, 0.25) is 0 Å². The van der Waals surface area contributed by atoms with E-state index < -0.39 is 0 Å². The molecule has 7 nitrogen and oxygen atoms in total. The van der Waals surface area contributed by atoms with Gasteiger partial charge in [0.2, 0.25) is 0 Å². The minimum atomic E-state index is 0.417. The normalized spacial score (nSPS) is 10.1. The van der Waals surface area contributed by atoms with Gasteiger partial charge in [-0.1, -0.05) is 11.2 Å². The van der Waals surface area contributed by atoms with E-state index in [9.17, 15) is 0 Å². The van der Waals surface area contributed by atoms with Gasteiger partial charge in [-0.2, -0.15) is 0 Å². The van der Waals surface area contributed by atoms with Crippen LogP contribution in [0.3, 0.4) is 0 Å². The number of hydrogen-bond acceptors (Lipinski definition) is 7. The van der Waals surface area contributed by atoms with Gasteiger partial charge >= 0.3 is 0 Å². The van der Waals surface area contributed by atoms with E-state index in [1.165, 1.54) is 6.33 Å². The summed E-state index contributed by atoms with van der Waals surface area (Å²) in [6, 6.07) is 1.75. The third-order valence-electron chi connectivity index (χ3n) is 2.17. The SMILES string of the molecule is C=CCNc1ncnc(Nc2cc(C)on2)c1N. The third kappa shape index (κ3) is 2.57. The molecule has 0 unspecified atom stereocenters. The lowest BCUT2D eigenvalue weighted by molar-refractivity contribution is 0.400. The second-order valence-corrected chi connectivity index (χ2v) is 3.60. The number of hydrogen-bond donors (Lipinski definition) is 3. The van der Waals surface area contributed by atoms with Crippen molar-refractivity contribution in [3.05, 3.63) is 30.8 Å². The Labute approximate surface area is 104 Å². The van der Waals surface area contributed by atoms with Crippen molar-refractivity contribution in [2.24, 2.45) is 0 Å². The van der Waals surface area contributed by atoms with Gasteiger partial charge in [-0.05, 0) is 6.92 Å². The summed E-state index contributed by atoms with van der Waals surface area (Å²) in [6.45, 7) is 5.99. The fraction of sp³-hybridized carbons (Fsp3) is 0.182. The lowest BCUT2D eigenvalue weighted by atomic mass is 10.4. The van der Waals surface area contributed by atoms with E-state index in [4.69, 9.17) is 10.3 Å². The second kappa shape index (κ2) is 5.17. The lowest BCUT2D eigenvalue weighted by Gasteiger charge is -2.09. The molecule has 2 aromatic heterocycles. The van der Waals surface area contributed by atoms with Gasteiger partial charge in [0.05, 0.1) is 0 Å². The van der Waals surface area contributed by atoms with Crippen LogP contribution in [0.15, 0.2) is 29.6 Å². The highest BCUT2D eigenvalue weighted by atomic mass is 16.5. The Morgan fingerprint density at radius 1 is 1.44 bits per heavy atom. The number of anilines is 4. The zero-order chi connectivity index (χ0) is 13.0. The van der Waals surface area contributed by atoms with E-state index in [-0.39, 0.29) is 0 Å². The molecule has 0 radical (unpaired) electrons. The summed E-state index contributed by atoms with van der Waals surface area (Å²) >= 11 is 0. The Balaban J connectivity index is 2.20. The monoisotopic (exact) mass is 246 g/mol. The first-order chi connectivity index (χ1) is 8.70. The first-order valence-electron chi connectivity index (χ1n) is 5.36. The zero-order valence-electron chi connectivity index (χ0n) is 9.97. The first-order valence-corrected chi connectivity index (χ1v) is 5.36. The topological polar surface area (TPSA) is 102 Å². The Morgan fingerprint density at radius 2 is 2.22 bits per heavy atom. The molecular formula is C11H14N6O. The molecule has 0 fully saturated rings. The van der Waals surface area contributed by atoms with E-state index in [2.05, 4.69) is 32.3 Å². The standard InChI is InChI=1S/C11H14N6O/c1-3-4-13-10-9(12)11(15-6-14-10)16-8-5-7(2)18-17-8/h3,5-6H,1,4,12H2,2H3,(H2,13,14,15,16,17). The predicted molar refractivity (Wildman–Crippen MR) is 69.7 cm³/mol. The smallest absolute Gasteiger partial charge is 0.175 e. The summed E-state index contributed by atoms with van der Waals surface area (Å²) in [7, 11) is 0. The highest BCUT2D eigenvalue weighted by Crippen LogP contribution is 2.25. The van der Waals surface area contributed by atoms with Crippen molar-refractivity contribution in [1.29, 1.82) is 0 Å². The second-order valence-electron chi connectivity index (χ2n) is 3.60. The molecule has 0 saturated heterocycles. The van der Waals surface area contributed by atoms with Crippen molar-refractivity contribution >= 4 is 23.1 Å². The number of nitrogens with two attached hydrogens (primary N) is 1. The van der Waals surface area contributed by atoms with Gasteiger partial charge in [-0.15, -0.1) is 6.58 Å². The average Bonchev–Trinajstić information content (AvgIpc) is 2.76. The van der Waals surface area contributed by atoms with Gasteiger partial charge < -0.3 is 20.9 Å². The number of nitrogens with one attached hydrogen (secondary N) is 2. The Hall–Kier alpha value is -2.57. The summed E-state index contributed by atoms with van der Waals surface area (Å²) in [5.74, 6) is 2.28. The van der Waals surface area contributed by atoms with Crippen LogP contribution in [0.1, 0.15) is 5.76 Å². The molecular weight excluding hydrogens is 232 g/mol. The van der Waals surface area contributed by atoms with Crippen LogP contribution in [-0.2, 0) is 0 Å². The summed E-state index contributed by atoms with van der Waals surface area (Å²) in [5.41, 5.74) is 6.35. The van der Waals surface area contributed by atoms with Gasteiger partial charge in [0, 0.05) is 12.6 Å². The molecule has 0 saturated carbocycles. The molecule has 0 aliphatic heterocycles. The number of rotatable bonds is 5. The van der Waals surface area contributed by atoms with Crippen LogP contribution in [0.25, 0.3) is 0 Å². The van der Waals surface area contributed by atoms with Crippen molar-refractivity contribution < 1.29 is 4.52 Å². The van der Waals surface area contributed by atoms with Crippen LogP contribution in [-0.4, -0.2) is 21.7 Å². The van der Waals surface area contributed by atoms with Crippen LogP contribution in [0, 0.1) is 6.92 Å². The number of nitrogens with zero attached hydrogens (tertiary/aromatic N) is 3. The van der Waals surface area contributed by atoms with Crippen molar-refractivity contribution in [1.82, 2.24) is 15.1 Å². The highest BCUT2D eigenvalue weighted by molar-refractivity contribution is 5.76. The van der Waals surface area contributed by atoms with Crippen LogP contribution in [0.5, 0.6) is 0 Å². The molecule has 7 heteroatoms. The Bertz CT molecular complexity index is 550. The van der Waals surface area contributed by atoms with Crippen molar-refractivity contribution in [3.63, 3.8) is 0 Å². The summed E-state index contributed by atoms with van der Waals surface area (Å²) < 4.78 is 4.95. The first kappa shape index (κ1) is 11.9. The molecule has 2 rings (SSSR count). The minimum Gasteiger partial charge on any atom is -0.393 e. The molecule has 0 spiro atoms. The largest absolute Gasteiger partial charge is 0.393 e. The van der Waals surface area contributed by atoms with Gasteiger partial charge in [0.1, 0.15) is 17.8 Å². The van der Waals surface area contributed by atoms with Gasteiger partial charge in [0.25, 0.3) is 0 Å². The molecule has 0 amide bonds. The minimum absolute atomic E-state index is 0.417. The zero-order valence-corrected chi connectivity index (χ0v) is 9.97. The maximum absolute atomic E-state index is 5.94. The summed E-state index contributed by atoms with van der Waals surface area (Å²) in [5, 5.41) is 9.78. The highest BCUT2D eigenvalue weighted by Gasteiger charge is 2.09. The molecule has 0 atom stereocenters. The number of aromatic nitrogens is 3. The molecule has 4 N–H and O–H groups in total. The number of nitrogen functional groups attached to an aromatic ring is 1. The maximum atomic E-state index is 5.94. The Morgan fingerprint density at radius 3 is 2.89 bits per heavy atom. The van der Waals surface area contributed by atoms with E-state index in [1.54, 1.807) is 19.1 Å². The van der Waals surface area contributed by atoms with E-state index >= 15 is 0 Å². The quantitative estimate of drug-likeness (QED) is 0.690. The van der Waals surface area contributed by atoms with Gasteiger partial charge in [-0.3, -0.25) is 0 Å². The molecule has 2 heterocycles. The third-order valence-corrected chi connectivity index (χ3v) is 2.17. The van der Waals surface area contributed by atoms with Crippen LogP contribution >= 0.6 is 0 Å².